The predicted octanol–water partition coefficient (Wildman–Crippen LogP) is 2.99. The molecule has 0 aromatic heterocycles. The van der Waals surface area contributed by atoms with Gasteiger partial charge in [-0.15, -0.1) is 0 Å². The summed E-state index contributed by atoms with van der Waals surface area (Å²) in [5.41, 5.74) is 1.15. The number of carbonyl (C=O) groups is 1. The first-order chi connectivity index (χ1) is 10.1. The Bertz CT molecular complexity index is 489. The Morgan fingerprint density at radius 1 is 1.48 bits per heavy atom. The SMILES string of the molecule is CCCNC(=O)C(C)Oc1ccc(Br)c(CNC2CC2)c1. The molecule has 5 heteroatoms. The Kier molecular flexibility index (Phi) is 6.06. The number of halogens is 1. The van der Waals surface area contributed by atoms with Crippen LogP contribution in [0.5, 0.6) is 5.75 Å². The molecule has 0 heterocycles. The quantitative estimate of drug-likeness (QED) is 0.754. The van der Waals surface area contributed by atoms with Crippen molar-refractivity contribution in [1.29, 1.82) is 0 Å². The summed E-state index contributed by atoms with van der Waals surface area (Å²) in [5.74, 6) is 0.655. The van der Waals surface area contributed by atoms with E-state index in [1.54, 1.807) is 6.92 Å². The van der Waals surface area contributed by atoms with Crippen LogP contribution in [0.25, 0.3) is 0 Å². The minimum atomic E-state index is -0.484. The summed E-state index contributed by atoms with van der Waals surface area (Å²) >= 11 is 3.56. The van der Waals surface area contributed by atoms with Crippen LogP contribution in [0.2, 0.25) is 0 Å². The molecule has 1 aromatic rings. The van der Waals surface area contributed by atoms with Crippen molar-refractivity contribution in [2.45, 2.75) is 51.8 Å². The van der Waals surface area contributed by atoms with Gasteiger partial charge in [-0.3, -0.25) is 4.79 Å². The zero-order valence-corrected chi connectivity index (χ0v) is 14.2. The number of benzene rings is 1. The van der Waals surface area contributed by atoms with E-state index < -0.39 is 6.10 Å². The van der Waals surface area contributed by atoms with E-state index in [1.165, 1.54) is 12.8 Å². The van der Waals surface area contributed by atoms with Crippen molar-refractivity contribution in [2.24, 2.45) is 0 Å². The monoisotopic (exact) mass is 354 g/mol. The molecule has 1 fully saturated rings. The molecule has 4 nitrogen and oxygen atoms in total. The molecule has 1 aliphatic carbocycles. The van der Waals surface area contributed by atoms with E-state index in [4.69, 9.17) is 4.74 Å². The molecule has 2 rings (SSSR count). The zero-order chi connectivity index (χ0) is 15.2. The van der Waals surface area contributed by atoms with Gasteiger partial charge in [0.2, 0.25) is 0 Å². The lowest BCUT2D eigenvalue weighted by atomic mass is 10.2. The highest BCUT2D eigenvalue weighted by Crippen LogP contribution is 2.25. The lowest BCUT2D eigenvalue weighted by molar-refractivity contribution is -0.127. The third kappa shape index (κ3) is 5.32. The molecule has 1 saturated carbocycles. The van der Waals surface area contributed by atoms with Crippen LogP contribution in [-0.4, -0.2) is 24.6 Å². The van der Waals surface area contributed by atoms with Crippen LogP contribution in [-0.2, 0) is 11.3 Å². The highest BCUT2D eigenvalue weighted by atomic mass is 79.9. The van der Waals surface area contributed by atoms with Crippen LogP contribution >= 0.6 is 15.9 Å². The molecule has 0 saturated heterocycles. The molecule has 0 spiro atoms. The minimum Gasteiger partial charge on any atom is -0.481 e. The van der Waals surface area contributed by atoms with Gasteiger partial charge in [-0.2, -0.15) is 0 Å². The minimum absolute atomic E-state index is 0.0718. The van der Waals surface area contributed by atoms with E-state index >= 15 is 0 Å². The first-order valence-corrected chi connectivity index (χ1v) is 8.35. The molecule has 1 atom stereocenters. The number of amides is 1. The van der Waals surface area contributed by atoms with Crippen molar-refractivity contribution in [3.05, 3.63) is 28.2 Å². The number of nitrogens with one attached hydrogen (secondary N) is 2. The maximum Gasteiger partial charge on any atom is 0.260 e. The standard InChI is InChI=1S/C16H23BrN2O2/c1-3-8-18-16(20)11(2)21-14-6-7-15(17)12(9-14)10-19-13-4-5-13/h6-7,9,11,13,19H,3-5,8,10H2,1-2H3,(H,18,20). The summed E-state index contributed by atoms with van der Waals surface area (Å²) < 4.78 is 6.79. The van der Waals surface area contributed by atoms with E-state index in [0.717, 1.165) is 28.8 Å². The third-order valence-electron chi connectivity index (χ3n) is 3.41. The van der Waals surface area contributed by atoms with Gasteiger partial charge in [0.25, 0.3) is 5.91 Å². The van der Waals surface area contributed by atoms with Gasteiger partial charge in [0.05, 0.1) is 0 Å². The van der Waals surface area contributed by atoms with Crippen molar-refractivity contribution < 1.29 is 9.53 Å². The number of hydrogen-bond donors (Lipinski definition) is 2. The van der Waals surface area contributed by atoms with Crippen molar-refractivity contribution >= 4 is 21.8 Å². The van der Waals surface area contributed by atoms with Gasteiger partial charge < -0.3 is 15.4 Å². The Morgan fingerprint density at radius 3 is 2.90 bits per heavy atom. The molecule has 21 heavy (non-hydrogen) atoms. The number of rotatable bonds is 8. The van der Waals surface area contributed by atoms with E-state index in [9.17, 15) is 4.79 Å². The van der Waals surface area contributed by atoms with E-state index in [0.29, 0.717) is 12.6 Å². The van der Waals surface area contributed by atoms with Crippen LogP contribution in [0.15, 0.2) is 22.7 Å². The normalized spacial score (nSPS) is 15.6. The van der Waals surface area contributed by atoms with Gasteiger partial charge in [-0.1, -0.05) is 22.9 Å². The largest absolute Gasteiger partial charge is 0.481 e. The summed E-state index contributed by atoms with van der Waals surface area (Å²) in [4.78, 5) is 11.8. The molecule has 0 aliphatic heterocycles. The first kappa shape index (κ1) is 16.3. The van der Waals surface area contributed by atoms with Crippen molar-refractivity contribution in [3.63, 3.8) is 0 Å². The molecular weight excluding hydrogens is 332 g/mol. The van der Waals surface area contributed by atoms with Gasteiger partial charge in [-0.25, -0.2) is 0 Å². The Morgan fingerprint density at radius 2 is 2.24 bits per heavy atom. The van der Waals surface area contributed by atoms with Crippen LogP contribution in [0, 0.1) is 0 Å². The highest BCUT2D eigenvalue weighted by molar-refractivity contribution is 9.10. The maximum absolute atomic E-state index is 11.8. The Hall–Kier alpha value is -1.07. The van der Waals surface area contributed by atoms with E-state index in [1.807, 2.05) is 25.1 Å². The summed E-state index contributed by atoms with van der Waals surface area (Å²) in [5, 5.41) is 6.32. The molecule has 0 bridgehead atoms. The van der Waals surface area contributed by atoms with Gasteiger partial charge in [0.15, 0.2) is 6.10 Å². The number of ether oxygens (including phenoxy) is 1. The lowest BCUT2D eigenvalue weighted by Gasteiger charge is -2.16. The molecule has 2 N–H and O–H groups in total. The molecule has 0 radical (unpaired) electrons. The first-order valence-electron chi connectivity index (χ1n) is 7.56. The second-order valence-corrected chi connectivity index (χ2v) is 6.31. The van der Waals surface area contributed by atoms with Gasteiger partial charge >= 0.3 is 0 Å². The average molecular weight is 355 g/mol. The summed E-state index contributed by atoms with van der Waals surface area (Å²) in [6.45, 7) is 5.30. The number of carbonyl (C=O) groups excluding carboxylic acids is 1. The topological polar surface area (TPSA) is 50.4 Å². The predicted molar refractivity (Wildman–Crippen MR) is 87.4 cm³/mol. The number of hydrogen-bond acceptors (Lipinski definition) is 3. The van der Waals surface area contributed by atoms with Gasteiger partial charge in [0, 0.05) is 23.6 Å². The van der Waals surface area contributed by atoms with Gasteiger partial charge in [-0.05, 0) is 49.9 Å². The fraction of sp³-hybridized carbons (Fsp3) is 0.562. The fourth-order valence-electron chi connectivity index (χ4n) is 1.95. The van der Waals surface area contributed by atoms with E-state index in [2.05, 4.69) is 26.6 Å². The fourth-order valence-corrected chi connectivity index (χ4v) is 2.34. The highest BCUT2D eigenvalue weighted by Gasteiger charge is 2.20. The Labute approximate surface area is 134 Å². The van der Waals surface area contributed by atoms with Crippen molar-refractivity contribution in [1.82, 2.24) is 10.6 Å². The van der Waals surface area contributed by atoms with Crippen LogP contribution in [0.1, 0.15) is 38.7 Å². The second kappa shape index (κ2) is 7.80. The van der Waals surface area contributed by atoms with Crippen LogP contribution in [0.4, 0.5) is 0 Å². The van der Waals surface area contributed by atoms with E-state index in [-0.39, 0.29) is 5.91 Å². The van der Waals surface area contributed by atoms with Crippen molar-refractivity contribution in [2.75, 3.05) is 6.54 Å². The molecule has 1 aromatic carbocycles. The van der Waals surface area contributed by atoms with Crippen molar-refractivity contribution in [3.8, 4) is 5.75 Å². The molecule has 1 aliphatic rings. The molecule has 1 amide bonds. The summed E-state index contributed by atoms with van der Waals surface area (Å²) in [7, 11) is 0. The third-order valence-corrected chi connectivity index (χ3v) is 4.18. The summed E-state index contributed by atoms with van der Waals surface area (Å²) in [6, 6.07) is 6.51. The summed E-state index contributed by atoms with van der Waals surface area (Å²) in [6.07, 6.45) is 2.97. The smallest absolute Gasteiger partial charge is 0.260 e. The maximum atomic E-state index is 11.8. The van der Waals surface area contributed by atoms with Crippen LogP contribution < -0.4 is 15.4 Å². The second-order valence-electron chi connectivity index (χ2n) is 5.46. The molecular formula is C16H23BrN2O2. The molecule has 116 valence electrons. The lowest BCUT2D eigenvalue weighted by Crippen LogP contribution is -2.36. The molecule has 1 unspecified atom stereocenters. The van der Waals surface area contributed by atoms with Crippen LogP contribution in [0.3, 0.4) is 0 Å². The zero-order valence-electron chi connectivity index (χ0n) is 12.6. The van der Waals surface area contributed by atoms with Gasteiger partial charge in [0.1, 0.15) is 5.75 Å². The Balaban J connectivity index is 1.92. The average Bonchev–Trinajstić information content (AvgIpc) is 3.29.